The summed E-state index contributed by atoms with van der Waals surface area (Å²) in [5.41, 5.74) is -1.16. The van der Waals surface area contributed by atoms with Crippen LogP contribution in [0.2, 0.25) is 0 Å². The van der Waals surface area contributed by atoms with Gasteiger partial charge >= 0.3 is 12.2 Å². The second-order valence-electron chi connectivity index (χ2n) is 4.76. The highest BCUT2D eigenvalue weighted by Gasteiger charge is 2.44. The number of carbonyl (C=O) groups excluding carboxylic acids is 1. The SMILES string of the molecule is C=C/C(F)=C(\NCCBr)N1C(=O)N(C)C(C(F)(F)F)=CC1=CCC. The minimum Gasteiger partial charge on any atom is -0.368 e. The maximum absolute atomic E-state index is 14.2. The molecular weight excluding hydrogens is 394 g/mol. The maximum Gasteiger partial charge on any atom is 0.431 e. The van der Waals surface area contributed by atoms with Crippen molar-refractivity contribution >= 4 is 22.0 Å². The number of carbonyl (C=O) groups is 1. The number of nitrogens with one attached hydrogen (secondary N) is 1. The van der Waals surface area contributed by atoms with Gasteiger partial charge in [-0.2, -0.15) is 13.2 Å². The van der Waals surface area contributed by atoms with E-state index in [-0.39, 0.29) is 18.1 Å². The lowest BCUT2D eigenvalue weighted by atomic mass is 10.2. The molecule has 0 aliphatic carbocycles. The average molecular weight is 412 g/mol. The number of allylic oxidation sites excluding steroid dienone is 5. The third kappa shape index (κ3) is 4.40. The summed E-state index contributed by atoms with van der Waals surface area (Å²) in [6.45, 7) is 5.27. The van der Waals surface area contributed by atoms with Gasteiger partial charge in [-0.1, -0.05) is 35.5 Å². The van der Waals surface area contributed by atoms with Gasteiger partial charge in [-0.05, 0) is 18.6 Å². The van der Waals surface area contributed by atoms with Crippen LogP contribution >= 0.6 is 15.9 Å². The van der Waals surface area contributed by atoms with Crippen molar-refractivity contribution in [3.63, 3.8) is 0 Å². The highest BCUT2D eigenvalue weighted by molar-refractivity contribution is 9.09. The van der Waals surface area contributed by atoms with Crippen LogP contribution in [0, 0.1) is 0 Å². The number of nitrogens with zero attached hydrogens (tertiary/aromatic N) is 2. The van der Waals surface area contributed by atoms with Crippen LogP contribution in [0.1, 0.15) is 13.3 Å². The Hall–Kier alpha value is -1.77. The van der Waals surface area contributed by atoms with E-state index in [9.17, 15) is 22.4 Å². The van der Waals surface area contributed by atoms with Crippen LogP contribution in [-0.2, 0) is 0 Å². The van der Waals surface area contributed by atoms with E-state index in [2.05, 4.69) is 27.8 Å². The van der Waals surface area contributed by atoms with Crippen molar-refractivity contribution in [2.75, 3.05) is 18.9 Å². The van der Waals surface area contributed by atoms with E-state index in [1.807, 2.05) is 0 Å². The normalized spacial score (nSPS) is 18.5. The molecule has 0 radical (unpaired) electrons. The molecule has 2 amide bonds. The monoisotopic (exact) mass is 411 g/mol. The van der Waals surface area contributed by atoms with E-state index in [0.29, 0.717) is 16.7 Å². The summed E-state index contributed by atoms with van der Waals surface area (Å²) in [6.07, 6.45) is -1.21. The standard InChI is InChI=1S/C15H18BrF4N3O/c1-4-6-10-9-12(15(18,19)20)22(3)14(24)23(10)13(11(17)5-2)21-8-7-16/h5-6,9,21H,2,4,7-8H2,1,3H3/b10-6?,13-11-. The van der Waals surface area contributed by atoms with E-state index >= 15 is 0 Å². The zero-order valence-electron chi connectivity index (χ0n) is 13.3. The Morgan fingerprint density at radius 3 is 2.54 bits per heavy atom. The molecule has 1 N–H and O–H groups in total. The molecule has 1 aliphatic heterocycles. The summed E-state index contributed by atoms with van der Waals surface area (Å²) in [5.74, 6) is -1.10. The lowest BCUT2D eigenvalue weighted by Crippen LogP contribution is -2.48. The van der Waals surface area contributed by atoms with Gasteiger partial charge in [-0.25, -0.2) is 14.1 Å². The molecule has 0 aromatic carbocycles. The smallest absolute Gasteiger partial charge is 0.368 e. The van der Waals surface area contributed by atoms with Crippen molar-refractivity contribution in [1.29, 1.82) is 0 Å². The average Bonchev–Trinajstić information content (AvgIpc) is 2.51. The summed E-state index contributed by atoms with van der Waals surface area (Å²) in [7, 11) is 0.991. The Balaban J connectivity index is 3.50. The van der Waals surface area contributed by atoms with E-state index < -0.39 is 23.7 Å². The van der Waals surface area contributed by atoms with Crippen molar-refractivity contribution in [2.24, 2.45) is 0 Å². The fraction of sp³-hybridized carbons (Fsp3) is 0.400. The number of alkyl halides is 4. The Morgan fingerprint density at radius 1 is 1.46 bits per heavy atom. The fourth-order valence-electron chi connectivity index (χ4n) is 2.05. The Kier molecular flexibility index (Phi) is 7.07. The molecule has 0 aromatic rings. The predicted molar refractivity (Wildman–Crippen MR) is 87.6 cm³/mol. The van der Waals surface area contributed by atoms with Gasteiger partial charge in [-0.15, -0.1) is 0 Å². The number of hydrogen-bond donors (Lipinski definition) is 1. The minimum absolute atomic E-state index is 0.0537. The quantitative estimate of drug-likeness (QED) is 0.399. The molecule has 0 saturated heterocycles. The molecule has 0 spiro atoms. The summed E-state index contributed by atoms with van der Waals surface area (Å²) in [4.78, 5) is 13.8. The molecule has 0 unspecified atom stereocenters. The molecular formula is C15H18BrF4N3O. The van der Waals surface area contributed by atoms with Crippen LogP contribution in [0.15, 0.2) is 47.8 Å². The number of amides is 2. The van der Waals surface area contributed by atoms with E-state index in [1.165, 1.54) is 6.08 Å². The van der Waals surface area contributed by atoms with Gasteiger partial charge in [0.25, 0.3) is 0 Å². The second-order valence-corrected chi connectivity index (χ2v) is 5.55. The molecule has 0 saturated carbocycles. The predicted octanol–water partition coefficient (Wildman–Crippen LogP) is 4.40. The van der Waals surface area contributed by atoms with Crippen molar-refractivity contribution in [1.82, 2.24) is 15.1 Å². The van der Waals surface area contributed by atoms with Crippen LogP contribution in [0.4, 0.5) is 22.4 Å². The second kappa shape index (κ2) is 8.36. The first kappa shape index (κ1) is 20.3. The van der Waals surface area contributed by atoms with Gasteiger partial charge in [0.1, 0.15) is 5.70 Å². The van der Waals surface area contributed by atoms with Gasteiger partial charge in [-0.3, -0.25) is 4.90 Å². The molecule has 1 heterocycles. The first-order valence-corrected chi connectivity index (χ1v) is 8.20. The fourth-order valence-corrected chi connectivity index (χ4v) is 2.25. The minimum atomic E-state index is -4.70. The summed E-state index contributed by atoms with van der Waals surface area (Å²) in [5, 5.41) is 3.15. The highest BCUT2D eigenvalue weighted by Crippen LogP contribution is 2.35. The van der Waals surface area contributed by atoms with Crippen LogP contribution in [0.25, 0.3) is 0 Å². The maximum atomic E-state index is 14.2. The third-order valence-electron chi connectivity index (χ3n) is 3.10. The molecule has 0 fully saturated rings. The van der Waals surface area contributed by atoms with Gasteiger partial charge in [0.15, 0.2) is 11.6 Å². The van der Waals surface area contributed by atoms with Crippen LogP contribution < -0.4 is 5.32 Å². The first-order valence-electron chi connectivity index (χ1n) is 7.07. The summed E-state index contributed by atoms with van der Waals surface area (Å²) in [6, 6.07) is -1.02. The Morgan fingerprint density at radius 2 is 2.08 bits per heavy atom. The molecule has 134 valence electrons. The lowest BCUT2D eigenvalue weighted by Gasteiger charge is -2.36. The summed E-state index contributed by atoms with van der Waals surface area (Å²) < 4.78 is 53.5. The number of halogens is 5. The largest absolute Gasteiger partial charge is 0.431 e. The zero-order chi connectivity index (χ0) is 18.5. The van der Waals surface area contributed by atoms with Gasteiger partial charge in [0.05, 0.1) is 5.70 Å². The topological polar surface area (TPSA) is 35.6 Å². The molecule has 4 nitrogen and oxygen atoms in total. The molecule has 24 heavy (non-hydrogen) atoms. The van der Waals surface area contributed by atoms with Gasteiger partial charge in [0, 0.05) is 18.9 Å². The molecule has 1 aliphatic rings. The third-order valence-corrected chi connectivity index (χ3v) is 3.50. The van der Waals surface area contributed by atoms with E-state index in [1.54, 1.807) is 6.92 Å². The first-order chi connectivity index (χ1) is 11.2. The Bertz CT molecular complexity index is 596. The van der Waals surface area contributed by atoms with Crippen LogP contribution in [0.5, 0.6) is 0 Å². The number of urea groups is 1. The van der Waals surface area contributed by atoms with Crippen molar-refractivity contribution in [3.05, 3.63) is 47.8 Å². The zero-order valence-corrected chi connectivity index (χ0v) is 14.8. The molecule has 0 atom stereocenters. The molecule has 0 bridgehead atoms. The van der Waals surface area contributed by atoms with Gasteiger partial charge < -0.3 is 5.32 Å². The Labute approximate surface area is 146 Å². The molecule has 9 heteroatoms. The number of hydrogen-bond acceptors (Lipinski definition) is 2. The van der Waals surface area contributed by atoms with Crippen molar-refractivity contribution < 1.29 is 22.4 Å². The van der Waals surface area contributed by atoms with Crippen molar-refractivity contribution in [2.45, 2.75) is 19.5 Å². The number of rotatable bonds is 6. The summed E-state index contributed by atoms with van der Waals surface area (Å²) >= 11 is 3.16. The van der Waals surface area contributed by atoms with E-state index in [4.69, 9.17) is 0 Å². The van der Waals surface area contributed by atoms with E-state index in [0.717, 1.165) is 24.1 Å². The molecule has 1 rings (SSSR count). The highest BCUT2D eigenvalue weighted by atomic mass is 79.9. The van der Waals surface area contributed by atoms with Gasteiger partial charge in [0.2, 0.25) is 0 Å². The van der Waals surface area contributed by atoms with Crippen LogP contribution in [0.3, 0.4) is 0 Å². The van der Waals surface area contributed by atoms with Crippen LogP contribution in [-0.4, -0.2) is 40.9 Å². The molecule has 0 aromatic heterocycles. The lowest BCUT2D eigenvalue weighted by molar-refractivity contribution is -0.107. The van der Waals surface area contributed by atoms with Crippen molar-refractivity contribution in [3.8, 4) is 0 Å².